The van der Waals surface area contributed by atoms with Crippen molar-refractivity contribution in [3.8, 4) is 0 Å². The number of carbonyl (C=O) groups is 2. The zero-order valence-electron chi connectivity index (χ0n) is 12.5. The Labute approximate surface area is 121 Å². The fourth-order valence-electron chi connectivity index (χ4n) is 1.47. The van der Waals surface area contributed by atoms with Crippen molar-refractivity contribution in [1.82, 2.24) is 5.32 Å². The molecule has 0 bridgehead atoms. The molecule has 1 N–H and O–H groups in total. The van der Waals surface area contributed by atoms with Gasteiger partial charge in [-0.2, -0.15) is 0 Å². The first-order valence-electron chi connectivity index (χ1n) is 6.89. The van der Waals surface area contributed by atoms with Gasteiger partial charge in [0.05, 0.1) is 0 Å². The molecule has 0 heterocycles. The van der Waals surface area contributed by atoms with E-state index in [0.29, 0.717) is 19.4 Å². The first kappa shape index (κ1) is 18.2. The Morgan fingerprint density at radius 3 is 2.60 bits per heavy atom. The van der Waals surface area contributed by atoms with E-state index in [1.165, 1.54) is 0 Å². The molecule has 0 spiro atoms. The Kier molecular flexibility index (Phi) is 10.0. The summed E-state index contributed by atoms with van der Waals surface area (Å²) in [4.78, 5) is 22.7. The van der Waals surface area contributed by atoms with Crippen LogP contribution >= 0.6 is 0 Å². The van der Waals surface area contributed by atoms with Gasteiger partial charge in [-0.25, -0.2) is 4.79 Å². The maximum atomic E-state index is 11.5. The van der Waals surface area contributed by atoms with E-state index in [1.54, 1.807) is 18.2 Å². The van der Waals surface area contributed by atoms with Crippen LogP contribution in [0.2, 0.25) is 0 Å². The van der Waals surface area contributed by atoms with Crippen molar-refractivity contribution in [3.05, 3.63) is 37.0 Å². The predicted octanol–water partition coefficient (Wildman–Crippen LogP) is 3.41. The van der Waals surface area contributed by atoms with E-state index >= 15 is 0 Å². The van der Waals surface area contributed by atoms with Crippen LogP contribution < -0.4 is 5.32 Å². The second-order valence-electron chi connectivity index (χ2n) is 4.67. The van der Waals surface area contributed by atoms with Crippen LogP contribution in [0.5, 0.6) is 0 Å². The zero-order valence-corrected chi connectivity index (χ0v) is 12.5. The number of hydrogen-bond donors (Lipinski definition) is 1. The van der Waals surface area contributed by atoms with Crippen LogP contribution in [0.25, 0.3) is 0 Å². The van der Waals surface area contributed by atoms with E-state index in [-0.39, 0.29) is 18.3 Å². The number of Topliss-reactive ketones (excluding diaryl/α,β-unsaturated/α-hetero) is 1. The Balaban J connectivity index is 3.87. The maximum Gasteiger partial charge on any atom is 0.407 e. The van der Waals surface area contributed by atoms with Crippen molar-refractivity contribution in [3.63, 3.8) is 0 Å². The quantitative estimate of drug-likeness (QED) is 0.623. The number of ketones is 1. The Morgan fingerprint density at radius 2 is 2.05 bits per heavy atom. The minimum Gasteiger partial charge on any atom is -0.445 e. The molecule has 0 aliphatic rings. The molecule has 0 aliphatic heterocycles. The van der Waals surface area contributed by atoms with Gasteiger partial charge < -0.3 is 10.1 Å². The van der Waals surface area contributed by atoms with Crippen molar-refractivity contribution >= 4 is 11.9 Å². The lowest BCUT2D eigenvalue weighted by molar-refractivity contribution is -0.119. The van der Waals surface area contributed by atoms with Gasteiger partial charge in [-0.1, -0.05) is 45.2 Å². The molecular formula is C16H25NO3. The molecule has 0 radical (unpaired) electrons. The minimum absolute atomic E-state index is 0.171. The van der Waals surface area contributed by atoms with E-state index in [1.807, 2.05) is 13.8 Å². The largest absolute Gasteiger partial charge is 0.445 e. The average molecular weight is 279 g/mol. The third kappa shape index (κ3) is 9.14. The summed E-state index contributed by atoms with van der Waals surface area (Å²) in [5.74, 6) is 0.505. The summed E-state index contributed by atoms with van der Waals surface area (Å²) in [6, 6.07) is 0. The summed E-state index contributed by atoms with van der Waals surface area (Å²) in [6.07, 6.45) is 6.43. The van der Waals surface area contributed by atoms with Gasteiger partial charge in [0, 0.05) is 19.4 Å². The molecule has 0 saturated heterocycles. The first-order valence-corrected chi connectivity index (χ1v) is 6.89. The van der Waals surface area contributed by atoms with Gasteiger partial charge in [0.1, 0.15) is 12.4 Å². The van der Waals surface area contributed by atoms with Crippen molar-refractivity contribution in [2.75, 3.05) is 13.2 Å². The Morgan fingerprint density at radius 1 is 1.35 bits per heavy atom. The zero-order chi connectivity index (χ0) is 15.4. The topological polar surface area (TPSA) is 55.4 Å². The van der Waals surface area contributed by atoms with Gasteiger partial charge in [0.25, 0.3) is 0 Å². The molecule has 20 heavy (non-hydrogen) atoms. The van der Waals surface area contributed by atoms with Gasteiger partial charge >= 0.3 is 6.09 Å². The first-order chi connectivity index (χ1) is 9.53. The molecule has 1 amide bonds. The number of allylic oxidation sites excluding steroid dienone is 2. The number of ether oxygens (including phenoxy) is 1. The number of carbonyl (C=O) groups excluding carboxylic acids is 2. The summed E-state index contributed by atoms with van der Waals surface area (Å²) in [5, 5.41) is 2.69. The van der Waals surface area contributed by atoms with Gasteiger partial charge in [0.2, 0.25) is 0 Å². The highest BCUT2D eigenvalue weighted by Crippen LogP contribution is 2.06. The molecule has 0 fully saturated rings. The van der Waals surface area contributed by atoms with Crippen LogP contribution in [-0.2, 0) is 9.53 Å². The van der Waals surface area contributed by atoms with Crippen molar-refractivity contribution in [2.45, 2.75) is 33.1 Å². The third-order valence-electron chi connectivity index (χ3n) is 2.87. The monoisotopic (exact) mass is 279 g/mol. The molecule has 4 heteroatoms. The van der Waals surface area contributed by atoms with Crippen LogP contribution in [0.4, 0.5) is 4.79 Å². The SMILES string of the molecule is C=C/C=C(\C=C)COC(=O)NCC(C)CCC(=O)CC. The van der Waals surface area contributed by atoms with Crippen LogP contribution in [0.15, 0.2) is 37.0 Å². The van der Waals surface area contributed by atoms with E-state index in [4.69, 9.17) is 4.74 Å². The highest BCUT2D eigenvalue weighted by molar-refractivity contribution is 5.77. The highest BCUT2D eigenvalue weighted by atomic mass is 16.5. The molecule has 1 unspecified atom stereocenters. The normalized spacial score (nSPS) is 12.4. The van der Waals surface area contributed by atoms with Crippen LogP contribution in [0.3, 0.4) is 0 Å². The minimum atomic E-state index is -0.463. The molecule has 0 saturated carbocycles. The van der Waals surface area contributed by atoms with Crippen molar-refractivity contribution in [2.24, 2.45) is 5.92 Å². The molecular weight excluding hydrogens is 254 g/mol. The van der Waals surface area contributed by atoms with E-state index in [9.17, 15) is 9.59 Å². The van der Waals surface area contributed by atoms with Crippen LogP contribution in [-0.4, -0.2) is 25.0 Å². The van der Waals surface area contributed by atoms with Crippen LogP contribution in [0.1, 0.15) is 33.1 Å². The summed E-state index contributed by atoms with van der Waals surface area (Å²) < 4.78 is 5.04. The second-order valence-corrected chi connectivity index (χ2v) is 4.67. The third-order valence-corrected chi connectivity index (χ3v) is 2.87. The molecule has 1 atom stereocenters. The number of hydrogen-bond acceptors (Lipinski definition) is 3. The van der Waals surface area contributed by atoms with Gasteiger partial charge in [-0.3, -0.25) is 4.79 Å². The predicted molar refractivity (Wildman–Crippen MR) is 81.5 cm³/mol. The smallest absolute Gasteiger partial charge is 0.407 e. The summed E-state index contributed by atoms with van der Waals surface area (Å²) in [7, 11) is 0. The molecule has 0 aromatic heterocycles. The lowest BCUT2D eigenvalue weighted by Gasteiger charge is -2.12. The summed E-state index contributed by atoms with van der Waals surface area (Å²) in [5.41, 5.74) is 0.789. The molecule has 0 rings (SSSR count). The number of alkyl carbamates (subject to hydrolysis) is 1. The van der Waals surface area contributed by atoms with E-state index in [0.717, 1.165) is 12.0 Å². The number of amides is 1. The van der Waals surface area contributed by atoms with Gasteiger partial charge in [-0.15, -0.1) is 0 Å². The molecule has 4 nitrogen and oxygen atoms in total. The molecule has 0 aliphatic carbocycles. The molecule has 0 aromatic rings. The van der Waals surface area contributed by atoms with Gasteiger partial charge in [-0.05, 0) is 17.9 Å². The fraction of sp³-hybridized carbons (Fsp3) is 0.500. The lowest BCUT2D eigenvalue weighted by atomic mass is 10.0. The molecule has 0 aromatic carbocycles. The average Bonchev–Trinajstić information content (AvgIpc) is 2.46. The fourth-order valence-corrected chi connectivity index (χ4v) is 1.47. The van der Waals surface area contributed by atoms with E-state index < -0.39 is 6.09 Å². The van der Waals surface area contributed by atoms with Gasteiger partial charge in [0.15, 0.2) is 0 Å². The number of rotatable bonds is 10. The standard InChI is InChI=1S/C16H25NO3/c1-5-8-14(6-2)12-20-16(19)17-11-13(4)9-10-15(18)7-3/h5-6,8,13H,1-2,7,9-12H2,3-4H3,(H,17,19)/b14-8+. The second kappa shape index (κ2) is 11.0. The summed E-state index contributed by atoms with van der Waals surface area (Å²) in [6.45, 7) is 11.7. The van der Waals surface area contributed by atoms with Crippen molar-refractivity contribution < 1.29 is 14.3 Å². The Hall–Kier alpha value is -1.84. The molecule has 112 valence electrons. The Bertz CT molecular complexity index is 372. The summed E-state index contributed by atoms with van der Waals surface area (Å²) >= 11 is 0. The van der Waals surface area contributed by atoms with Crippen molar-refractivity contribution in [1.29, 1.82) is 0 Å². The number of nitrogens with one attached hydrogen (secondary N) is 1. The van der Waals surface area contributed by atoms with Crippen LogP contribution in [0, 0.1) is 5.92 Å². The van der Waals surface area contributed by atoms with E-state index in [2.05, 4.69) is 18.5 Å². The lowest BCUT2D eigenvalue weighted by Crippen LogP contribution is -2.29. The highest BCUT2D eigenvalue weighted by Gasteiger charge is 2.08. The maximum absolute atomic E-state index is 11.5.